The van der Waals surface area contributed by atoms with Crippen molar-refractivity contribution in [1.29, 1.82) is 0 Å². The highest BCUT2D eigenvalue weighted by molar-refractivity contribution is 6.30. The molecule has 0 unspecified atom stereocenters. The number of hydrogen-bond acceptors (Lipinski definition) is 7. The van der Waals surface area contributed by atoms with Crippen molar-refractivity contribution in [3.63, 3.8) is 0 Å². The molecule has 1 saturated heterocycles. The van der Waals surface area contributed by atoms with Crippen LogP contribution in [0.5, 0.6) is 17.2 Å². The van der Waals surface area contributed by atoms with Crippen LogP contribution in [0.2, 0.25) is 5.02 Å². The van der Waals surface area contributed by atoms with Crippen molar-refractivity contribution in [2.24, 2.45) is 0 Å². The van der Waals surface area contributed by atoms with Crippen molar-refractivity contribution >= 4 is 61.3 Å². The SMILES string of the molecule is COc1ccc2c(c1OC)c(=O)n1c3ccc(OCC(=O)N4CCN(c5cccc(Cl)c5)CC4)cc3c3ccnc2c31. The van der Waals surface area contributed by atoms with Crippen LogP contribution in [0.15, 0.2) is 71.7 Å². The zero-order valence-corrected chi connectivity index (χ0v) is 23.9. The van der Waals surface area contributed by atoms with Gasteiger partial charge >= 0.3 is 0 Å². The number of aromatic nitrogens is 2. The zero-order valence-electron chi connectivity index (χ0n) is 23.1. The van der Waals surface area contributed by atoms with E-state index in [1.54, 1.807) is 29.8 Å². The van der Waals surface area contributed by atoms with Crippen molar-refractivity contribution in [2.75, 3.05) is 51.9 Å². The number of halogens is 1. The molecule has 0 saturated carbocycles. The topological polar surface area (TPSA) is 85.6 Å². The monoisotopic (exact) mass is 582 g/mol. The minimum absolute atomic E-state index is 0.0701. The highest BCUT2D eigenvalue weighted by atomic mass is 35.5. The fourth-order valence-corrected chi connectivity index (χ4v) is 6.20. The number of ether oxygens (including phenoxy) is 3. The Bertz CT molecular complexity index is 2050. The number of amides is 1. The summed E-state index contributed by atoms with van der Waals surface area (Å²) in [6, 6.07) is 18.8. The van der Waals surface area contributed by atoms with Crippen LogP contribution in [0.3, 0.4) is 0 Å². The molecule has 0 atom stereocenters. The lowest BCUT2D eigenvalue weighted by atomic mass is 10.1. The van der Waals surface area contributed by atoms with Crippen LogP contribution >= 0.6 is 11.6 Å². The predicted octanol–water partition coefficient (Wildman–Crippen LogP) is 4.99. The van der Waals surface area contributed by atoms with Crippen molar-refractivity contribution in [3.05, 3.63) is 82.2 Å². The lowest BCUT2D eigenvalue weighted by molar-refractivity contribution is -0.133. The number of pyridine rings is 2. The summed E-state index contributed by atoms with van der Waals surface area (Å²) in [5.41, 5.74) is 2.97. The van der Waals surface area contributed by atoms with Crippen LogP contribution in [0.4, 0.5) is 5.69 Å². The third-order valence-corrected chi connectivity index (χ3v) is 8.27. The van der Waals surface area contributed by atoms with Crippen LogP contribution in [0.1, 0.15) is 0 Å². The fraction of sp³-hybridized carbons (Fsp3) is 0.219. The number of methoxy groups -OCH3 is 2. The largest absolute Gasteiger partial charge is 0.493 e. The summed E-state index contributed by atoms with van der Waals surface area (Å²) in [5.74, 6) is 1.33. The van der Waals surface area contributed by atoms with Gasteiger partial charge in [-0.25, -0.2) is 0 Å². The molecule has 4 heterocycles. The van der Waals surface area contributed by atoms with E-state index in [2.05, 4.69) is 9.88 Å². The molecule has 9 nitrogen and oxygen atoms in total. The number of nitrogens with zero attached hydrogens (tertiary/aromatic N) is 4. The number of benzene rings is 3. The van der Waals surface area contributed by atoms with E-state index in [9.17, 15) is 9.59 Å². The molecular formula is C32H27ClN4O5. The molecular weight excluding hydrogens is 556 g/mol. The first kappa shape index (κ1) is 26.2. The van der Waals surface area contributed by atoms with Gasteiger partial charge in [0.05, 0.1) is 36.2 Å². The average Bonchev–Trinajstić information content (AvgIpc) is 3.36. The predicted molar refractivity (Wildman–Crippen MR) is 164 cm³/mol. The van der Waals surface area contributed by atoms with Crippen LogP contribution < -0.4 is 24.7 Å². The van der Waals surface area contributed by atoms with Gasteiger partial charge in [-0.05, 0) is 54.6 Å². The lowest BCUT2D eigenvalue weighted by Crippen LogP contribution is -2.50. The Morgan fingerprint density at radius 2 is 1.76 bits per heavy atom. The normalized spacial score (nSPS) is 13.9. The maximum atomic E-state index is 13.9. The van der Waals surface area contributed by atoms with Gasteiger partial charge in [0.2, 0.25) is 0 Å². The second-order valence-corrected chi connectivity index (χ2v) is 10.7. The van der Waals surface area contributed by atoms with Crippen molar-refractivity contribution < 1.29 is 19.0 Å². The molecule has 6 aromatic rings. The van der Waals surface area contributed by atoms with Gasteiger partial charge in [0.1, 0.15) is 5.75 Å². The summed E-state index contributed by atoms with van der Waals surface area (Å²) >= 11 is 6.14. The Hall–Kier alpha value is -4.76. The van der Waals surface area contributed by atoms with Gasteiger partial charge in [0.15, 0.2) is 18.1 Å². The highest BCUT2D eigenvalue weighted by Gasteiger charge is 2.24. The first-order valence-electron chi connectivity index (χ1n) is 13.6. The lowest BCUT2D eigenvalue weighted by Gasteiger charge is -2.36. The van der Waals surface area contributed by atoms with E-state index >= 15 is 0 Å². The molecule has 0 N–H and O–H groups in total. The van der Waals surface area contributed by atoms with Crippen molar-refractivity contribution in [3.8, 4) is 17.2 Å². The number of carbonyl (C=O) groups excluding carboxylic acids is 1. The van der Waals surface area contributed by atoms with Crippen molar-refractivity contribution in [2.45, 2.75) is 0 Å². The molecule has 1 amide bonds. The molecule has 10 heteroatoms. The summed E-state index contributed by atoms with van der Waals surface area (Å²) in [5, 5.41) is 3.50. The Balaban J connectivity index is 1.18. The van der Waals surface area contributed by atoms with Gasteiger partial charge in [-0.3, -0.25) is 19.0 Å². The van der Waals surface area contributed by atoms with Crippen LogP contribution in [-0.2, 0) is 4.79 Å². The Kier molecular flexibility index (Phi) is 6.39. The first-order chi connectivity index (χ1) is 20.5. The van der Waals surface area contributed by atoms with E-state index in [1.807, 2.05) is 53.4 Å². The van der Waals surface area contributed by atoms with Crippen LogP contribution in [0.25, 0.3) is 38.1 Å². The summed E-state index contributed by atoms with van der Waals surface area (Å²) in [7, 11) is 3.06. The molecule has 1 fully saturated rings. The van der Waals surface area contributed by atoms with Crippen LogP contribution in [-0.4, -0.2) is 67.2 Å². The molecule has 1 aliphatic heterocycles. The summed E-state index contributed by atoms with van der Waals surface area (Å²) in [4.78, 5) is 35.6. The van der Waals surface area contributed by atoms with Gasteiger partial charge in [-0.2, -0.15) is 0 Å². The van der Waals surface area contributed by atoms with E-state index in [1.165, 1.54) is 7.11 Å². The van der Waals surface area contributed by atoms with Gasteiger partial charge in [-0.1, -0.05) is 17.7 Å². The number of piperazine rings is 1. The summed E-state index contributed by atoms with van der Waals surface area (Å²) in [6.45, 7) is 2.58. The van der Waals surface area contributed by atoms with Gasteiger partial charge in [0.25, 0.3) is 11.5 Å². The second kappa shape index (κ2) is 10.3. The quantitative estimate of drug-likeness (QED) is 0.256. The number of hydrogen-bond donors (Lipinski definition) is 0. The molecule has 7 rings (SSSR count). The maximum absolute atomic E-state index is 13.9. The third kappa shape index (κ3) is 4.11. The molecule has 212 valence electrons. The molecule has 0 aliphatic carbocycles. The van der Waals surface area contributed by atoms with E-state index < -0.39 is 0 Å². The van der Waals surface area contributed by atoms with Gasteiger partial charge < -0.3 is 24.0 Å². The van der Waals surface area contributed by atoms with Gasteiger partial charge in [0, 0.05) is 59.2 Å². The summed E-state index contributed by atoms with van der Waals surface area (Å²) in [6.07, 6.45) is 1.73. The van der Waals surface area contributed by atoms with Gasteiger partial charge in [-0.15, -0.1) is 0 Å². The number of anilines is 1. The minimum Gasteiger partial charge on any atom is -0.493 e. The highest BCUT2D eigenvalue weighted by Crippen LogP contribution is 2.39. The molecule has 42 heavy (non-hydrogen) atoms. The van der Waals surface area contributed by atoms with E-state index in [0.29, 0.717) is 51.6 Å². The molecule has 0 radical (unpaired) electrons. The van der Waals surface area contributed by atoms with E-state index in [0.717, 1.165) is 40.6 Å². The number of rotatable bonds is 6. The standard InChI is InChI=1S/C32H27ClN4O5/c1-40-26-9-7-23-28(31(26)41-2)32(39)37-25-8-6-21(17-24(25)22-10-11-34-29(23)30(22)37)42-18-27(38)36-14-12-35(13-15-36)20-5-3-4-19(33)16-20/h3-11,16-17H,12-15,18H2,1-2H3. The fourth-order valence-electron chi connectivity index (χ4n) is 6.01. The van der Waals surface area contributed by atoms with E-state index in [-0.39, 0.29) is 18.1 Å². The minimum atomic E-state index is -0.220. The zero-order chi connectivity index (χ0) is 29.0. The first-order valence-corrected chi connectivity index (χ1v) is 14.0. The maximum Gasteiger partial charge on any atom is 0.267 e. The molecule has 0 bridgehead atoms. The Morgan fingerprint density at radius 3 is 2.52 bits per heavy atom. The van der Waals surface area contributed by atoms with Crippen LogP contribution in [0, 0.1) is 0 Å². The summed E-state index contributed by atoms with van der Waals surface area (Å²) < 4.78 is 18.7. The third-order valence-electron chi connectivity index (χ3n) is 8.03. The molecule has 3 aromatic heterocycles. The molecule has 3 aromatic carbocycles. The molecule has 0 spiro atoms. The number of carbonyl (C=O) groups is 1. The number of fused-ring (bicyclic) bond motifs is 5. The molecule has 1 aliphatic rings. The smallest absolute Gasteiger partial charge is 0.267 e. The Labute approximate surface area is 245 Å². The Morgan fingerprint density at radius 1 is 0.929 bits per heavy atom. The van der Waals surface area contributed by atoms with Crippen molar-refractivity contribution in [1.82, 2.24) is 14.3 Å². The van der Waals surface area contributed by atoms with E-state index in [4.69, 9.17) is 25.8 Å². The second-order valence-electron chi connectivity index (χ2n) is 10.2. The average molecular weight is 583 g/mol.